The van der Waals surface area contributed by atoms with Crippen molar-refractivity contribution in [3.8, 4) is 0 Å². The van der Waals surface area contributed by atoms with Crippen LogP contribution in [0.2, 0.25) is 6.55 Å². The number of rotatable bonds is 5. The molecule has 0 unspecified atom stereocenters. The lowest BCUT2D eigenvalue weighted by molar-refractivity contribution is 0.271. The first kappa shape index (κ1) is 14.0. The normalized spacial score (nSPS) is 11.8. The van der Waals surface area contributed by atoms with Gasteiger partial charge in [0.25, 0.3) is 8.32 Å². The lowest BCUT2D eigenvalue weighted by Gasteiger charge is -2.29. The maximum atomic E-state index is 6.40. The van der Waals surface area contributed by atoms with Gasteiger partial charge in [0.2, 0.25) is 0 Å². The minimum absolute atomic E-state index is 0.555. The van der Waals surface area contributed by atoms with E-state index in [1.807, 2.05) is 0 Å². The van der Waals surface area contributed by atoms with Gasteiger partial charge in [0.15, 0.2) is 0 Å². The van der Waals surface area contributed by atoms with Crippen molar-refractivity contribution in [2.45, 2.75) is 20.4 Å². The third-order valence-electron chi connectivity index (χ3n) is 3.35. The summed E-state index contributed by atoms with van der Waals surface area (Å²) in [7, 11) is -2.06. The van der Waals surface area contributed by atoms with E-state index in [0.717, 1.165) is 6.61 Å². The fraction of sp³-hybridized carbons (Fsp3) is 0.294. The average Bonchev–Trinajstić information content (AvgIpc) is 2.46. The third kappa shape index (κ3) is 3.34. The zero-order valence-electron chi connectivity index (χ0n) is 12.0. The van der Waals surface area contributed by atoms with Crippen LogP contribution < -0.4 is 10.4 Å². The molecule has 0 aliphatic carbocycles. The highest BCUT2D eigenvalue weighted by molar-refractivity contribution is 6.96. The lowest BCUT2D eigenvalue weighted by Crippen LogP contribution is -2.58. The Bertz CT molecular complexity index is 454. The molecule has 0 N–H and O–H groups in total. The highest BCUT2D eigenvalue weighted by Gasteiger charge is 2.33. The summed E-state index contributed by atoms with van der Waals surface area (Å²) < 4.78 is 6.40. The molecule has 2 aromatic carbocycles. The summed E-state index contributed by atoms with van der Waals surface area (Å²) in [6.45, 7) is 7.50. The van der Waals surface area contributed by atoms with Crippen LogP contribution in [0.15, 0.2) is 60.7 Å². The number of hydrogen-bond acceptors (Lipinski definition) is 1. The Hall–Kier alpha value is -1.38. The van der Waals surface area contributed by atoms with Crippen molar-refractivity contribution in [2.24, 2.45) is 5.92 Å². The molecule has 0 spiro atoms. The average molecular weight is 270 g/mol. The lowest BCUT2D eigenvalue weighted by atomic mass is 10.2. The van der Waals surface area contributed by atoms with Gasteiger partial charge in [-0.1, -0.05) is 74.5 Å². The van der Waals surface area contributed by atoms with Gasteiger partial charge in [-0.2, -0.15) is 0 Å². The van der Waals surface area contributed by atoms with Crippen LogP contribution in [-0.4, -0.2) is 14.9 Å². The van der Waals surface area contributed by atoms with E-state index in [0.29, 0.717) is 5.92 Å². The molecule has 0 fully saturated rings. The van der Waals surface area contributed by atoms with Crippen molar-refractivity contribution in [1.29, 1.82) is 0 Å². The molecule has 0 aliphatic rings. The Balaban J connectivity index is 2.39. The quantitative estimate of drug-likeness (QED) is 0.759. The molecular weight excluding hydrogens is 248 g/mol. The predicted octanol–water partition coefficient (Wildman–Crippen LogP) is 3.05. The van der Waals surface area contributed by atoms with Crippen LogP contribution in [0, 0.1) is 5.92 Å². The van der Waals surface area contributed by atoms with E-state index in [2.05, 4.69) is 81.1 Å². The second kappa shape index (κ2) is 6.18. The fourth-order valence-electron chi connectivity index (χ4n) is 2.18. The van der Waals surface area contributed by atoms with Crippen molar-refractivity contribution in [2.75, 3.05) is 6.61 Å². The summed E-state index contributed by atoms with van der Waals surface area (Å²) in [6, 6.07) is 21.3. The fourth-order valence-corrected chi connectivity index (χ4v) is 5.17. The van der Waals surface area contributed by atoms with Crippen LogP contribution in [0.3, 0.4) is 0 Å². The van der Waals surface area contributed by atoms with E-state index in [-0.39, 0.29) is 0 Å². The van der Waals surface area contributed by atoms with Crippen LogP contribution in [0.1, 0.15) is 13.8 Å². The topological polar surface area (TPSA) is 9.23 Å². The summed E-state index contributed by atoms with van der Waals surface area (Å²) in [5.41, 5.74) is 0. The second-order valence-corrected chi connectivity index (χ2v) is 8.98. The molecule has 0 atom stereocenters. The van der Waals surface area contributed by atoms with Gasteiger partial charge in [-0.3, -0.25) is 0 Å². The summed E-state index contributed by atoms with van der Waals surface area (Å²) in [5.74, 6) is 0.555. The van der Waals surface area contributed by atoms with Crippen molar-refractivity contribution < 1.29 is 4.43 Å². The first-order chi connectivity index (χ1) is 9.13. The summed E-state index contributed by atoms with van der Waals surface area (Å²) in [4.78, 5) is 0. The molecular formula is C17H22OSi. The zero-order valence-corrected chi connectivity index (χ0v) is 13.0. The van der Waals surface area contributed by atoms with E-state index >= 15 is 0 Å². The van der Waals surface area contributed by atoms with Crippen LogP contribution in [0.4, 0.5) is 0 Å². The smallest absolute Gasteiger partial charge is 0.252 e. The highest BCUT2D eigenvalue weighted by Crippen LogP contribution is 2.09. The van der Waals surface area contributed by atoms with E-state index in [9.17, 15) is 0 Å². The molecule has 0 saturated carbocycles. The first-order valence-corrected chi connectivity index (χ1v) is 9.29. The Kier molecular flexibility index (Phi) is 4.56. The Labute approximate surface area is 117 Å². The Morgan fingerprint density at radius 2 is 1.26 bits per heavy atom. The largest absolute Gasteiger partial charge is 0.408 e. The van der Waals surface area contributed by atoms with E-state index < -0.39 is 8.32 Å². The summed E-state index contributed by atoms with van der Waals surface area (Å²) >= 11 is 0. The SMILES string of the molecule is CC(C)CO[Si](C)(c1ccccc1)c1ccccc1. The molecule has 2 aromatic rings. The van der Waals surface area contributed by atoms with Crippen molar-refractivity contribution in [3.63, 3.8) is 0 Å². The molecule has 0 saturated heterocycles. The van der Waals surface area contributed by atoms with Gasteiger partial charge in [0, 0.05) is 6.61 Å². The van der Waals surface area contributed by atoms with Gasteiger partial charge in [0.05, 0.1) is 0 Å². The van der Waals surface area contributed by atoms with Gasteiger partial charge in [-0.15, -0.1) is 0 Å². The van der Waals surface area contributed by atoms with E-state index in [1.54, 1.807) is 0 Å². The summed E-state index contributed by atoms with van der Waals surface area (Å²) in [6.07, 6.45) is 0. The number of hydrogen-bond donors (Lipinski definition) is 0. The van der Waals surface area contributed by atoms with Crippen LogP contribution in [0.5, 0.6) is 0 Å². The molecule has 0 heterocycles. The first-order valence-electron chi connectivity index (χ1n) is 6.88. The second-order valence-electron chi connectivity index (χ2n) is 5.47. The van der Waals surface area contributed by atoms with Gasteiger partial charge < -0.3 is 4.43 Å². The number of benzene rings is 2. The molecule has 0 bridgehead atoms. The molecule has 0 aliphatic heterocycles. The Morgan fingerprint density at radius 3 is 1.63 bits per heavy atom. The van der Waals surface area contributed by atoms with Gasteiger partial charge in [0.1, 0.15) is 0 Å². The standard InChI is InChI=1S/C17H22OSi/c1-15(2)14-18-19(3,16-10-6-4-7-11-16)17-12-8-5-9-13-17/h4-13,15H,14H2,1-3H3. The third-order valence-corrected chi connectivity index (χ3v) is 6.97. The molecule has 0 radical (unpaired) electrons. The minimum Gasteiger partial charge on any atom is -0.408 e. The van der Waals surface area contributed by atoms with E-state index in [1.165, 1.54) is 10.4 Å². The molecule has 1 nitrogen and oxygen atoms in total. The maximum absolute atomic E-state index is 6.40. The van der Waals surface area contributed by atoms with Gasteiger partial charge in [-0.25, -0.2) is 0 Å². The van der Waals surface area contributed by atoms with Crippen LogP contribution in [-0.2, 0) is 4.43 Å². The molecule has 0 aromatic heterocycles. The Morgan fingerprint density at radius 1 is 0.842 bits per heavy atom. The van der Waals surface area contributed by atoms with E-state index in [4.69, 9.17) is 4.43 Å². The van der Waals surface area contributed by atoms with Crippen molar-refractivity contribution in [1.82, 2.24) is 0 Å². The molecule has 2 heteroatoms. The monoisotopic (exact) mass is 270 g/mol. The van der Waals surface area contributed by atoms with Crippen molar-refractivity contribution in [3.05, 3.63) is 60.7 Å². The van der Waals surface area contributed by atoms with Gasteiger partial charge >= 0.3 is 0 Å². The highest BCUT2D eigenvalue weighted by atomic mass is 28.4. The molecule has 2 rings (SSSR count). The molecule has 100 valence electrons. The minimum atomic E-state index is -2.06. The van der Waals surface area contributed by atoms with Gasteiger partial charge in [-0.05, 0) is 22.8 Å². The molecule has 0 amide bonds. The van der Waals surface area contributed by atoms with Crippen LogP contribution >= 0.6 is 0 Å². The van der Waals surface area contributed by atoms with Crippen molar-refractivity contribution >= 4 is 18.7 Å². The molecule has 19 heavy (non-hydrogen) atoms. The maximum Gasteiger partial charge on any atom is 0.252 e. The zero-order chi connectivity index (χ0) is 13.7. The summed E-state index contributed by atoms with van der Waals surface area (Å²) in [5, 5.41) is 2.67. The van der Waals surface area contributed by atoms with Crippen LogP contribution in [0.25, 0.3) is 0 Å². The predicted molar refractivity (Wildman–Crippen MR) is 84.6 cm³/mol.